The first-order chi connectivity index (χ1) is 15.6. The first kappa shape index (κ1) is 21.9. The number of pyridine rings is 1. The summed E-state index contributed by atoms with van der Waals surface area (Å²) < 4.78 is 2.88. The standard InChI is InChI=1S/C23H19BrN6OS/c1-16-5-2-3-6-17(16)14-26-27-21(31)15-32-23-29-28-22(18-7-4-12-25-13-18)30(23)20-10-8-19(24)9-11-20/h2-14H,15H2,1H3,(H,27,31). The Kier molecular flexibility index (Phi) is 7.08. The smallest absolute Gasteiger partial charge is 0.250 e. The Labute approximate surface area is 198 Å². The Bertz CT molecular complexity index is 1240. The van der Waals surface area contributed by atoms with Crippen LogP contribution in [0.3, 0.4) is 0 Å². The van der Waals surface area contributed by atoms with Crippen LogP contribution in [0.1, 0.15) is 11.1 Å². The Morgan fingerprint density at radius 1 is 1.12 bits per heavy atom. The summed E-state index contributed by atoms with van der Waals surface area (Å²) in [7, 11) is 0. The molecule has 4 aromatic rings. The summed E-state index contributed by atoms with van der Waals surface area (Å²) in [6.07, 6.45) is 5.09. The van der Waals surface area contributed by atoms with Crippen LogP contribution in [0.2, 0.25) is 0 Å². The van der Waals surface area contributed by atoms with Gasteiger partial charge in [0.15, 0.2) is 11.0 Å². The molecule has 0 saturated heterocycles. The average molecular weight is 507 g/mol. The van der Waals surface area contributed by atoms with Crippen molar-refractivity contribution in [3.05, 3.63) is 88.7 Å². The van der Waals surface area contributed by atoms with Gasteiger partial charge in [0.25, 0.3) is 5.91 Å². The number of hydrazone groups is 1. The molecular formula is C23H19BrN6OS. The van der Waals surface area contributed by atoms with Crippen molar-refractivity contribution in [1.82, 2.24) is 25.2 Å². The van der Waals surface area contributed by atoms with Crippen LogP contribution < -0.4 is 5.43 Å². The molecule has 0 fully saturated rings. The van der Waals surface area contributed by atoms with Gasteiger partial charge in [-0.25, -0.2) is 5.43 Å². The van der Waals surface area contributed by atoms with E-state index in [4.69, 9.17) is 0 Å². The lowest BCUT2D eigenvalue weighted by molar-refractivity contribution is -0.118. The third kappa shape index (κ3) is 5.30. The quantitative estimate of drug-likeness (QED) is 0.224. The minimum Gasteiger partial charge on any atom is -0.272 e. The summed E-state index contributed by atoms with van der Waals surface area (Å²) in [4.78, 5) is 16.5. The summed E-state index contributed by atoms with van der Waals surface area (Å²) in [5.41, 5.74) is 6.34. The highest BCUT2D eigenvalue weighted by Crippen LogP contribution is 2.28. The highest BCUT2D eigenvalue weighted by atomic mass is 79.9. The fraction of sp³-hybridized carbons (Fsp3) is 0.0870. The van der Waals surface area contributed by atoms with Crippen molar-refractivity contribution < 1.29 is 4.79 Å². The molecule has 2 aromatic heterocycles. The second kappa shape index (κ2) is 10.3. The SMILES string of the molecule is Cc1ccccc1C=NNC(=O)CSc1nnc(-c2cccnc2)n1-c1ccc(Br)cc1. The summed E-state index contributed by atoms with van der Waals surface area (Å²) >= 11 is 4.75. The van der Waals surface area contributed by atoms with Crippen molar-refractivity contribution in [2.75, 3.05) is 5.75 Å². The van der Waals surface area contributed by atoms with Crippen LogP contribution in [-0.2, 0) is 4.79 Å². The van der Waals surface area contributed by atoms with Crippen LogP contribution in [-0.4, -0.2) is 37.6 Å². The maximum atomic E-state index is 12.3. The fourth-order valence-electron chi connectivity index (χ4n) is 2.94. The minimum atomic E-state index is -0.229. The van der Waals surface area contributed by atoms with E-state index in [1.807, 2.05) is 72.2 Å². The third-order valence-corrected chi connectivity index (χ3v) is 6.01. The Morgan fingerprint density at radius 2 is 1.94 bits per heavy atom. The number of carbonyl (C=O) groups excluding carboxylic acids is 1. The number of amides is 1. The van der Waals surface area contributed by atoms with Gasteiger partial charge in [0.05, 0.1) is 12.0 Å². The van der Waals surface area contributed by atoms with Crippen molar-refractivity contribution in [2.45, 2.75) is 12.1 Å². The highest BCUT2D eigenvalue weighted by Gasteiger charge is 2.17. The molecule has 0 atom stereocenters. The van der Waals surface area contributed by atoms with Crippen molar-refractivity contribution in [2.24, 2.45) is 5.10 Å². The molecule has 0 saturated carbocycles. The molecule has 7 nitrogen and oxygen atoms in total. The molecule has 1 N–H and O–H groups in total. The first-order valence-corrected chi connectivity index (χ1v) is 11.5. The van der Waals surface area contributed by atoms with Gasteiger partial charge in [-0.05, 0) is 54.4 Å². The molecule has 2 heterocycles. The summed E-state index contributed by atoms with van der Waals surface area (Å²) in [6.45, 7) is 1.99. The van der Waals surface area contributed by atoms with Gasteiger partial charge in [-0.3, -0.25) is 14.3 Å². The van der Waals surface area contributed by atoms with Gasteiger partial charge in [-0.15, -0.1) is 10.2 Å². The largest absolute Gasteiger partial charge is 0.272 e. The van der Waals surface area contributed by atoms with Gasteiger partial charge in [-0.1, -0.05) is 52.0 Å². The second-order valence-corrected chi connectivity index (χ2v) is 8.66. The summed E-state index contributed by atoms with van der Waals surface area (Å²) in [5, 5.41) is 13.3. The number of nitrogens with zero attached hydrogens (tertiary/aromatic N) is 5. The number of hydrogen-bond donors (Lipinski definition) is 1. The molecule has 32 heavy (non-hydrogen) atoms. The second-order valence-electron chi connectivity index (χ2n) is 6.80. The Hall–Kier alpha value is -3.30. The lowest BCUT2D eigenvalue weighted by Gasteiger charge is -2.10. The number of hydrogen-bond acceptors (Lipinski definition) is 6. The molecule has 0 unspecified atom stereocenters. The molecule has 0 bridgehead atoms. The van der Waals surface area contributed by atoms with Crippen molar-refractivity contribution >= 4 is 39.8 Å². The lowest BCUT2D eigenvalue weighted by Crippen LogP contribution is -2.20. The van der Waals surface area contributed by atoms with Gasteiger partial charge in [0.2, 0.25) is 0 Å². The number of carbonyl (C=O) groups is 1. The molecule has 2 aromatic carbocycles. The maximum Gasteiger partial charge on any atom is 0.250 e. The molecule has 0 aliphatic rings. The van der Waals surface area contributed by atoms with E-state index in [-0.39, 0.29) is 11.7 Å². The molecule has 1 amide bonds. The molecule has 0 aliphatic heterocycles. The van der Waals surface area contributed by atoms with Gasteiger partial charge in [0, 0.05) is 28.1 Å². The predicted octanol–water partition coefficient (Wildman–Crippen LogP) is 4.64. The van der Waals surface area contributed by atoms with Crippen molar-refractivity contribution in [3.8, 4) is 17.1 Å². The average Bonchev–Trinajstić information content (AvgIpc) is 3.24. The molecule has 160 valence electrons. The predicted molar refractivity (Wildman–Crippen MR) is 130 cm³/mol. The number of aromatic nitrogens is 4. The molecule has 4 rings (SSSR count). The van der Waals surface area contributed by atoms with Crippen LogP contribution in [0.4, 0.5) is 0 Å². The van der Waals surface area contributed by atoms with Crippen LogP contribution in [0.5, 0.6) is 0 Å². The van der Waals surface area contributed by atoms with Gasteiger partial charge in [0.1, 0.15) is 0 Å². The normalized spacial score (nSPS) is 11.1. The van der Waals surface area contributed by atoms with E-state index in [0.717, 1.165) is 26.9 Å². The third-order valence-electron chi connectivity index (χ3n) is 4.55. The fourth-order valence-corrected chi connectivity index (χ4v) is 3.94. The molecule has 9 heteroatoms. The number of aryl methyl sites for hydroxylation is 1. The zero-order valence-corrected chi connectivity index (χ0v) is 19.5. The maximum absolute atomic E-state index is 12.3. The number of nitrogens with one attached hydrogen (secondary N) is 1. The van der Waals surface area contributed by atoms with Gasteiger partial charge >= 0.3 is 0 Å². The Morgan fingerprint density at radius 3 is 2.69 bits per heavy atom. The van der Waals surface area contributed by atoms with E-state index in [1.54, 1.807) is 18.6 Å². The van der Waals surface area contributed by atoms with Gasteiger partial charge in [-0.2, -0.15) is 5.10 Å². The van der Waals surface area contributed by atoms with Crippen LogP contribution in [0.25, 0.3) is 17.1 Å². The van der Waals surface area contributed by atoms with Crippen molar-refractivity contribution in [3.63, 3.8) is 0 Å². The van der Waals surface area contributed by atoms with Crippen molar-refractivity contribution in [1.29, 1.82) is 0 Å². The van der Waals surface area contributed by atoms with E-state index in [1.165, 1.54) is 11.8 Å². The first-order valence-electron chi connectivity index (χ1n) is 9.74. The zero-order valence-electron chi connectivity index (χ0n) is 17.1. The number of benzene rings is 2. The topological polar surface area (TPSA) is 85.1 Å². The monoisotopic (exact) mass is 506 g/mol. The van der Waals surface area contributed by atoms with E-state index in [2.05, 4.69) is 41.6 Å². The molecule has 0 spiro atoms. The lowest BCUT2D eigenvalue weighted by atomic mass is 10.1. The van der Waals surface area contributed by atoms with E-state index in [0.29, 0.717) is 11.0 Å². The van der Waals surface area contributed by atoms with E-state index in [9.17, 15) is 4.79 Å². The van der Waals surface area contributed by atoms with Crippen LogP contribution in [0, 0.1) is 6.92 Å². The van der Waals surface area contributed by atoms with E-state index >= 15 is 0 Å². The molecule has 0 radical (unpaired) electrons. The van der Waals surface area contributed by atoms with Crippen LogP contribution >= 0.6 is 27.7 Å². The van der Waals surface area contributed by atoms with Gasteiger partial charge < -0.3 is 0 Å². The zero-order chi connectivity index (χ0) is 22.3. The highest BCUT2D eigenvalue weighted by molar-refractivity contribution is 9.10. The molecule has 0 aliphatic carbocycles. The molecular weight excluding hydrogens is 488 g/mol. The number of thioether (sulfide) groups is 1. The van der Waals surface area contributed by atoms with E-state index < -0.39 is 0 Å². The minimum absolute atomic E-state index is 0.146. The summed E-state index contributed by atoms with van der Waals surface area (Å²) in [6, 6.07) is 19.4. The number of rotatable bonds is 7. The Balaban J connectivity index is 1.51. The van der Waals surface area contributed by atoms with Crippen LogP contribution in [0.15, 0.2) is 87.8 Å². The number of halogens is 1. The summed E-state index contributed by atoms with van der Waals surface area (Å²) in [5.74, 6) is 0.571.